The molecule has 0 spiro atoms. The molecule has 23 heavy (non-hydrogen) atoms. The number of halogens is 2. The van der Waals surface area contributed by atoms with E-state index in [2.05, 4.69) is 10.6 Å². The Morgan fingerprint density at radius 1 is 1.04 bits per heavy atom. The molecule has 5 heteroatoms. The van der Waals surface area contributed by atoms with E-state index in [-0.39, 0.29) is 11.7 Å². The smallest absolute Gasteiger partial charge is 0.221 e. The molecule has 3 nitrogen and oxygen atoms in total. The summed E-state index contributed by atoms with van der Waals surface area (Å²) in [6, 6.07) is 13.9. The summed E-state index contributed by atoms with van der Waals surface area (Å²) in [6.45, 7) is 1.80. The van der Waals surface area contributed by atoms with Crippen LogP contribution >= 0.6 is 11.6 Å². The lowest BCUT2D eigenvalue weighted by Gasteiger charge is -2.08. The van der Waals surface area contributed by atoms with Crippen LogP contribution in [-0.2, 0) is 17.8 Å². The molecular formula is C18H20ClFN2O. The fourth-order valence-corrected chi connectivity index (χ4v) is 2.34. The zero-order chi connectivity index (χ0) is 16.5. The van der Waals surface area contributed by atoms with Gasteiger partial charge in [0.1, 0.15) is 5.82 Å². The zero-order valence-corrected chi connectivity index (χ0v) is 13.6. The summed E-state index contributed by atoms with van der Waals surface area (Å²) in [5, 5.41) is 6.72. The molecule has 0 bridgehead atoms. The Hall–Kier alpha value is -1.91. The van der Waals surface area contributed by atoms with Crippen molar-refractivity contribution in [2.75, 3.05) is 13.1 Å². The molecule has 0 fully saturated rings. The molecule has 2 rings (SSSR count). The van der Waals surface area contributed by atoms with Gasteiger partial charge in [-0.1, -0.05) is 41.9 Å². The number of hydrogen-bond donors (Lipinski definition) is 2. The van der Waals surface area contributed by atoms with Gasteiger partial charge in [0.15, 0.2) is 0 Å². The lowest BCUT2D eigenvalue weighted by Crippen LogP contribution is -2.28. The first-order chi connectivity index (χ1) is 11.1. The van der Waals surface area contributed by atoms with Gasteiger partial charge in [-0.2, -0.15) is 0 Å². The van der Waals surface area contributed by atoms with Crippen molar-refractivity contribution in [1.82, 2.24) is 10.6 Å². The van der Waals surface area contributed by atoms with E-state index in [1.807, 2.05) is 18.2 Å². The van der Waals surface area contributed by atoms with Crippen LogP contribution in [0.1, 0.15) is 17.5 Å². The second kappa shape index (κ2) is 9.28. The largest absolute Gasteiger partial charge is 0.352 e. The fourth-order valence-electron chi connectivity index (χ4n) is 2.13. The van der Waals surface area contributed by atoms with Crippen molar-refractivity contribution in [3.05, 3.63) is 70.5 Å². The molecule has 0 aliphatic heterocycles. The van der Waals surface area contributed by atoms with E-state index in [0.717, 1.165) is 24.1 Å². The van der Waals surface area contributed by atoms with E-state index in [9.17, 15) is 9.18 Å². The molecule has 0 aliphatic rings. The molecule has 0 heterocycles. The van der Waals surface area contributed by atoms with Crippen molar-refractivity contribution in [2.24, 2.45) is 0 Å². The van der Waals surface area contributed by atoms with Crippen molar-refractivity contribution in [1.29, 1.82) is 0 Å². The van der Waals surface area contributed by atoms with Crippen LogP contribution in [0.15, 0.2) is 48.5 Å². The Bertz CT molecular complexity index is 631. The molecule has 1 amide bonds. The normalized spacial score (nSPS) is 10.5. The van der Waals surface area contributed by atoms with Gasteiger partial charge in [0.05, 0.1) is 0 Å². The molecule has 0 saturated carbocycles. The van der Waals surface area contributed by atoms with Gasteiger partial charge in [-0.25, -0.2) is 4.39 Å². The summed E-state index contributed by atoms with van der Waals surface area (Å²) < 4.78 is 12.8. The Balaban J connectivity index is 1.58. The monoisotopic (exact) mass is 334 g/mol. The van der Waals surface area contributed by atoms with Crippen LogP contribution in [0.2, 0.25) is 5.02 Å². The molecule has 122 valence electrons. The first-order valence-electron chi connectivity index (χ1n) is 7.60. The maximum atomic E-state index is 12.8. The summed E-state index contributed by atoms with van der Waals surface area (Å²) in [4.78, 5) is 11.8. The Morgan fingerprint density at radius 2 is 1.78 bits per heavy atom. The fraction of sp³-hybridized carbons (Fsp3) is 0.278. The average molecular weight is 335 g/mol. The van der Waals surface area contributed by atoms with Gasteiger partial charge in [-0.3, -0.25) is 4.79 Å². The van der Waals surface area contributed by atoms with E-state index >= 15 is 0 Å². The van der Waals surface area contributed by atoms with Crippen LogP contribution in [0, 0.1) is 5.82 Å². The summed E-state index contributed by atoms with van der Waals surface area (Å²) in [6.07, 6.45) is 1.22. The SMILES string of the molecule is O=C(CCNCCc1ccc(F)cc1)NCc1ccccc1Cl. The number of nitrogens with one attached hydrogen (secondary N) is 2. The van der Waals surface area contributed by atoms with Gasteiger partial charge >= 0.3 is 0 Å². The molecule has 0 radical (unpaired) electrons. The summed E-state index contributed by atoms with van der Waals surface area (Å²) >= 11 is 6.03. The van der Waals surface area contributed by atoms with E-state index in [4.69, 9.17) is 11.6 Å². The quantitative estimate of drug-likeness (QED) is 0.727. The molecular weight excluding hydrogens is 315 g/mol. The first-order valence-corrected chi connectivity index (χ1v) is 7.98. The number of hydrogen-bond acceptors (Lipinski definition) is 2. The van der Waals surface area contributed by atoms with Gasteiger partial charge in [-0.05, 0) is 42.3 Å². The molecule has 2 aromatic carbocycles. The number of rotatable bonds is 8. The summed E-state index contributed by atoms with van der Waals surface area (Å²) in [5.41, 5.74) is 1.98. The zero-order valence-electron chi connectivity index (χ0n) is 12.8. The van der Waals surface area contributed by atoms with E-state index < -0.39 is 0 Å². The van der Waals surface area contributed by atoms with E-state index in [1.54, 1.807) is 18.2 Å². The maximum absolute atomic E-state index is 12.8. The number of carbonyl (C=O) groups is 1. The third kappa shape index (κ3) is 6.38. The molecule has 0 saturated heterocycles. The van der Waals surface area contributed by atoms with Gasteiger partial charge in [0.25, 0.3) is 0 Å². The number of amides is 1. The molecule has 0 unspecified atom stereocenters. The van der Waals surface area contributed by atoms with Gasteiger partial charge in [0, 0.05) is 24.5 Å². The standard InChI is InChI=1S/C18H20ClFN2O/c19-17-4-2-1-3-15(17)13-22-18(23)10-12-21-11-9-14-5-7-16(20)8-6-14/h1-8,21H,9-13H2,(H,22,23). The van der Waals surface area contributed by atoms with Crippen molar-refractivity contribution in [2.45, 2.75) is 19.4 Å². The van der Waals surface area contributed by atoms with Crippen molar-refractivity contribution >= 4 is 17.5 Å². The predicted molar refractivity (Wildman–Crippen MR) is 90.9 cm³/mol. The molecule has 0 aliphatic carbocycles. The average Bonchev–Trinajstić information content (AvgIpc) is 2.55. The molecule has 2 N–H and O–H groups in total. The Kier molecular flexibility index (Phi) is 7.04. The van der Waals surface area contributed by atoms with Crippen LogP contribution in [0.4, 0.5) is 4.39 Å². The highest BCUT2D eigenvalue weighted by Crippen LogP contribution is 2.14. The Morgan fingerprint density at radius 3 is 2.52 bits per heavy atom. The van der Waals surface area contributed by atoms with Crippen LogP contribution in [0.25, 0.3) is 0 Å². The van der Waals surface area contributed by atoms with Gasteiger partial charge in [0.2, 0.25) is 5.91 Å². The maximum Gasteiger partial charge on any atom is 0.221 e. The lowest BCUT2D eigenvalue weighted by atomic mass is 10.1. The van der Waals surface area contributed by atoms with Crippen LogP contribution in [0.5, 0.6) is 0 Å². The molecule has 0 atom stereocenters. The van der Waals surface area contributed by atoms with E-state index in [0.29, 0.717) is 24.5 Å². The number of benzene rings is 2. The Labute approximate surface area is 140 Å². The van der Waals surface area contributed by atoms with Gasteiger partial charge in [-0.15, -0.1) is 0 Å². The second-order valence-electron chi connectivity index (χ2n) is 5.24. The topological polar surface area (TPSA) is 41.1 Å². The highest BCUT2D eigenvalue weighted by Gasteiger charge is 2.03. The van der Waals surface area contributed by atoms with Crippen molar-refractivity contribution in [3.8, 4) is 0 Å². The van der Waals surface area contributed by atoms with Gasteiger partial charge < -0.3 is 10.6 Å². The highest BCUT2D eigenvalue weighted by molar-refractivity contribution is 6.31. The minimum absolute atomic E-state index is 0.0146. The predicted octanol–water partition coefficient (Wildman–Crippen LogP) is 3.32. The van der Waals surface area contributed by atoms with Crippen molar-refractivity contribution in [3.63, 3.8) is 0 Å². The second-order valence-corrected chi connectivity index (χ2v) is 5.65. The minimum atomic E-state index is -0.225. The summed E-state index contributed by atoms with van der Waals surface area (Å²) in [5.74, 6) is -0.240. The van der Waals surface area contributed by atoms with Crippen LogP contribution in [-0.4, -0.2) is 19.0 Å². The molecule has 2 aromatic rings. The third-order valence-electron chi connectivity index (χ3n) is 3.47. The van der Waals surface area contributed by atoms with Crippen LogP contribution in [0.3, 0.4) is 0 Å². The number of carbonyl (C=O) groups excluding carboxylic acids is 1. The third-order valence-corrected chi connectivity index (χ3v) is 3.84. The molecule has 0 aromatic heterocycles. The van der Waals surface area contributed by atoms with E-state index in [1.165, 1.54) is 12.1 Å². The highest BCUT2D eigenvalue weighted by atomic mass is 35.5. The lowest BCUT2D eigenvalue weighted by molar-refractivity contribution is -0.121. The van der Waals surface area contributed by atoms with Crippen LogP contribution < -0.4 is 10.6 Å². The van der Waals surface area contributed by atoms with Crippen molar-refractivity contribution < 1.29 is 9.18 Å². The summed E-state index contributed by atoms with van der Waals surface area (Å²) in [7, 11) is 0. The minimum Gasteiger partial charge on any atom is -0.352 e. The first kappa shape index (κ1) is 17.4.